The van der Waals surface area contributed by atoms with Gasteiger partial charge in [-0.15, -0.1) is 0 Å². The third kappa shape index (κ3) is 6.51. The Morgan fingerprint density at radius 3 is 2.23 bits per heavy atom. The summed E-state index contributed by atoms with van der Waals surface area (Å²) in [5, 5.41) is 35.0. The molecule has 4 N–H and O–H groups in total. The SMILES string of the molecule is O=C(O)CC(O)C(O)CCCCO. The molecule has 13 heavy (non-hydrogen) atoms. The van der Waals surface area contributed by atoms with Gasteiger partial charge in [0.1, 0.15) is 0 Å². The van der Waals surface area contributed by atoms with Crippen LogP contribution in [0.15, 0.2) is 0 Å². The van der Waals surface area contributed by atoms with Crippen LogP contribution < -0.4 is 0 Å². The molecule has 2 unspecified atom stereocenters. The minimum absolute atomic E-state index is 0.0434. The van der Waals surface area contributed by atoms with Crippen molar-refractivity contribution in [2.45, 2.75) is 37.9 Å². The number of aliphatic hydroxyl groups is 3. The van der Waals surface area contributed by atoms with Crippen LogP contribution in [-0.4, -0.2) is 45.2 Å². The van der Waals surface area contributed by atoms with Crippen LogP contribution in [-0.2, 0) is 4.79 Å². The number of carboxylic acids is 1. The van der Waals surface area contributed by atoms with Crippen molar-refractivity contribution in [1.29, 1.82) is 0 Å². The fraction of sp³-hybridized carbons (Fsp3) is 0.875. The summed E-state index contributed by atoms with van der Waals surface area (Å²) in [6, 6.07) is 0. The van der Waals surface area contributed by atoms with Crippen molar-refractivity contribution < 1.29 is 25.2 Å². The molecule has 0 aliphatic heterocycles. The molecule has 0 saturated carbocycles. The Morgan fingerprint density at radius 2 is 1.77 bits per heavy atom. The highest BCUT2D eigenvalue weighted by atomic mass is 16.4. The fourth-order valence-electron chi connectivity index (χ4n) is 0.973. The highest BCUT2D eigenvalue weighted by molar-refractivity contribution is 5.67. The Kier molecular flexibility index (Phi) is 6.48. The largest absolute Gasteiger partial charge is 0.481 e. The summed E-state index contributed by atoms with van der Waals surface area (Å²) in [6.07, 6.45) is -1.22. The number of hydrogen-bond acceptors (Lipinski definition) is 4. The van der Waals surface area contributed by atoms with E-state index < -0.39 is 24.6 Å². The van der Waals surface area contributed by atoms with Crippen molar-refractivity contribution in [1.82, 2.24) is 0 Å². The number of rotatable bonds is 7. The lowest BCUT2D eigenvalue weighted by atomic mass is 10.0. The van der Waals surface area contributed by atoms with Crippen molar-refractivity contribution >= 4 is 5.97 Å². The molecule has 0 aromatic heterocycles. The van der Waals surface area contributed by atoms with E-state index in [2.05, 4.69) is 0 Å². The maximum absolute atomic E-state index is 10.1. The molecule has 0 aromatic rings. The van der Waals surface area contributed by atoms with Crippen LogP contribution >= 0.6 is 0 Å². The molecule has 0 aliphatic carbocycles. The van der Waals surface area contributed by atoms with E-state index in [9.17, 15) is 9.90 Å². The highest BCUT2D eigenvalue weighted by Gasteiger charge is 2.18. The minimum atomic E-state index is -1.21. The fourth-order valence-corrected chi connectivity index (χ4v) is 0.973. The maximum atomic E-state index is 10.1. The minimum Gasteiger partial charge on any atom is -0.481 e. The summed E-state index contributed by atoms with van der Waals surface area (Å²) in [7, 11) is 0. The van der Waals surface area contributed by atoms with E-state index in [4.69, 9.17) is 15.3 Å². The van der Waals surface area contributed by atoms with Crippen molar-refractivity contribution in [2.75, 3.05) is 6.61 Å². The zero-order chi connectivity index (χ0) is 10.3. The van der Waals surface area contributed by atoms with Gasteiger partial charge in [0.15, 0.2) is 0 Å². The van der Waals surface area contributed by atoms with Gasteiger partial charge in [0, 0.05) is 6.61 Å². The molecule has 0 aliphatic rings. The average molecular weight is 192 g/mol. The zero-order valence-corrected chi connectivity index (χ0v) is 7.39. The van der Waals surface area contributed by atoms with E-state index in [0.29, 0.717) is 19.3 Å². The van der Waals surface area contributed by atoms with Crippen molar-refractivity contribution in [3.05, 3.63) is 0 Å². The number of carboxylic acid groups (broad SMARTS) is 1. The molecule has 2 atom stereocenters. The lowest BCUT2D eigenvalue weighted by molar-refractivity contribution is -0.141. The quantitative estimate of drug-likeness (QED) is 0.402. The summed E-state index contributed by atoms with van der Waals surface area (Å²) >= 11 is 0. The Morgan fingerprint density at radius 1 is 1.15 bits per heavy atom. The molecule has 0 saturated heterocycles. The number of unbranched alkanes of at least 4 members (excludes halogenated alkanes) is 1. The first-order chi connectivity index (χ1) is 6.07. The predicted octanol–water partition coefficient (Wildman–Crippen LogP) is -0.655. The molecule has 5 heteroatoms. The average Bonchev–Trinajstić information content (AvgIpc) is 2.03. The number of carbonyl (C=O) groups is 1. The Hall–Kier alpha value is -0.650. The van der Waals surface area contributed by atoms with Gasteiger partial charge >= 0.3 is 5.97 Å². The van der Waals surface area contributed by atoms with E-state index in [0.717, 1.165) is 0 Å². The molecule has 78 valence electrons. The van der Waals surface area contributed by atoms with Crippen molar-refractivity contribution in [3.63, 3.8) is 0 Å². The van der Waals surface area contributed by atoms with E-state index in [1.54, 1.807) is 0 Å². The molecule has 0 rings (SSSR count). The monoisotopic (exact) mass is 192 g/mol. The number of hydrogen-bond donors (Lipinski definition) is 4. The topological polar surface area (TPSA) is 98.0 Å². The summed E-state index contributed by atoms with van der Waals surface area (Å²) in [4.78, 5) is 10.1. The summed E-state index contributed by atoms with van der Waals surface area (Å²) in [6.45, 7) is 0.0434. The lowest BCUT2D eigenvalue weighted by Crippen LogP contribution is -2.28. The second-order valence-electron chi connectivity index (χ2n) is 2.95. The Labute approximate surface area is 76.6 Å². The van der Waals surface area contributed by atoms with E-state index in [-0.39, 0.29) is 6.61 Å². The molecule has 0 radical (unpaired) electrons. The van der Waals surface area contributed by atoms with Crippen LogP contribution in [0, 0.1) is 0 Å². The second kappa shape index (κ2) is 6.82. The van der Waals surface area contributed by atoms with Gasteiger partial charge in [-0.2, -0.15) is 0 Å². The predicted molar refractivity (Wildman–Crippen MR) is 45.2 cm³/mol. The van der Waals surface area contributed by atoms with Crippen LogP contribution in [0.3, 0.4) is 0 Å². The lowest BCUT2D eigenvalue weighted by Gasteiger charge is -2.15. The molecule has 0 fully saturated rings. The normalized spacial score (nSPS) is 15.3. The third-order valence-electron chi connectivity index (χ3n) is 1.74. The highest BCUT2D eigenvalue weighted by Crippen LogP contribution is 2.07. The van der Waals surface area contributed by atoms with Gasteiger partial charge < -0.3 is 20.4 Å². The molecule has 0 heterocycles. The first kappa shape index (κ1) is 12.3. The Balaban J connectivity index is 3.56. The Bertz CT molecular complexity index is 147. The zero-order valence-electron chi connectivity index (χ0n) is 7.39. The number of aliphatic hydroxyl groups excluding tert-OH is 3. The smallest absolute Gasteiger partial charge is 0.306 e. The first-order valence-corrected chi connectivity index (χ1v) is 4.26. The van der Waals surface area contributed by atoms with E-state index in [1.165, 1.54) is 0 Å². The van der Waals surface area contributed by atoms with Gasteiger partial charge in [-0.1, -0.05) is 0 Å². The third-order valence-corrected chi connectivity index (χ3v) is 1.74. The van der Waals surface area contributed by atoms with Crippen LogP contribution in [0.25, 0.3) is 0 Å². The molecule has 0 amide bonds. The van der Waals surface area contributed by atoms with Crippen LogP contribution in [0.4, 0.5) is 0 Å². The maximum Gasteiger partial charge on any atom is 0.306 e. The molecule has 0 bridgehead atoms. The van der Waals surface area contributed by atoms with Crippen molar-refractivity contribution in [2.24, 2.45) is 0 Å². The molecular weight excluding hydrogens is 176 g/mol. The first-order valence-electron chi connectivity index (χ1n) is 4.26. The summed E-state index contributed by atoms with van der Waals surface area (Å²) in [5.41, 5.74) is 0. The standard InChI is InChI=1S/C8H16O5/c9-4-2-1-3-6(10)7(11)5-8(12)13/h6-7,9-11H,1-5H2,(H,12,13). The molecule has 5 nitrogen and oxygen atoms in total. The van der Waals surface area contributed by atoms with Crippen LogP contribution in [0.5, 0.6) is 0 Å². The van der Waals surface area contributed by atoms with Crippen LogP contribution in [0.1, 0.15) is 25.7 Å². The van der Waals surface area contributed by atoms with Gasteiger partial charge in [0.2, 0.25) is 0 Å². The van der Waals surface area contributed by atoms with E-state index in [1.807, 2.05) is 0 Å². The van der Waals surface area contributed by atoms with Crippen molar-refractivity contribution in [3.8, 4) is 0 Å². The second-order valence-corrected chi connectivity index (χ2v) is 2.95. The summed E-state index contributed by atoms with van der Waals surface area (Å²) in [5.74, 6) is -1.13. The van der Waals surface area contributed by atoms with Crippen LogP contribution in [0.2, 0.25) is 0 Å². The van der Waals surface area contributed by atoms with Gasteiger partial charge in [-0.3, -0.25) is 4.79 Å². The molecular formula is C8H16O5. The van der Waals surface area contributed by atoms with Gasteiger partial charge in [-0.05, 0) is 19.3 Å². The van der Waals surface area contributed by atoms with Gasteiger partial charge in [-0.25, -0.2) is 0 Å². The summed E-state index contributed by atoms with van der Waals surface area (Å²) < 4.78 is 0. The van der Waals surface area contributed by atoms with Gasteiger partial charge in [0.25, 0.3) is 0 Å². The number of aliphatic carboxylic acids is 1. The van der Waals surface area contributed by atoms with Gasteiger partial charge in [0.05, 0.1) is 18.6 Å². The molecule has 0 aromatic carbocycles. The molecule has 0 spiro atoms. The van der Waals surface area contributed by atoms with E-state index >= 15 is 0 Å².